The lowest BCUT2D eigenvalue weighted by atomic mass is 10.1. The van der Waals surface area contributed by atoms with Gasteiger partial charge in [0.25, 0.3) is 0 Å². The largest absolute Gasteiger partial charge is 0.484 e. The maximum Gasteiger partial charge on any atom is 0.236 e. The molecule has 2 heterocycles. The van der Waals surface area contributed by atoms with Gasteiger partial charge in [-0.2, -0.15) is 0 Å². The molecular weight excluding hydrogens is 537 g/mol. The quantitative estimate of drug-likeness (QED) is 0.169. The molecule has 4 rings (SSSR count). The topological polar surface area (TPSA) is 81.9 Å². The Labute approximate surface area is 227 Å². The summed E-state index contributed by atoms with van der Waals surface area (Å²) in [6.07, 6.45) is 1.73. The van der Waals surface area contributed by atoms with E-state index in [1.807, 2.05) is 16.0 Å². The summed E-state index contributed by atoms with van der Waals surface area (Å²) in [5, 5.41) is 15.3. The van der Waals surface area contributed by atoms with E-state index in [1.54, 1.807) is 24.3 Å². The Morgan fingerprint density at radius 3 is 2.81 bits per heavy atom. The number of amides is 1. The first kappa shape index (κ1) is 26.2. The number of rotatable bonds is 10. The monoisotopic (exact) mass is 559 g/mol. The van der Waals surface area contributed by atoms with E-state index in [0.717, 1.165) is 11.3 Å². The molecule has 0 aliphatic heterocycles. The van der Waals surface area contributed by atoms with Gasteiger partial charge in [0.1, 0.15) is 12.4 Å². The van der Waals surface area contributed by atoms with Crippen LogP contribution in [0.1, 0.15) is 17.0 Å². The van der Waals surface area contributed by atoms with Crippen molar-refractivity contribution in [1.29, 1.82) is 0 Å². The van der Waals surface area contributed by atoms with E-state index in [1.165, 1.54) is 34.2 Å². The highest BCUT2D eigenvalue weighted by Gasteiger charge is 2.16. The third-order valence-corrected chi connectivity index (χ3v) is 7.51. The van der Waals surface area contributed by atoms with Gasteiger partial charge in [0, 0.05) is 28.6 Å². The Morgan fingerprint density at radius 1 is 1.19 bits per heavy atom. The van der Waals surface area contributed by atoms with Crippen LogP contribution in [-0.4, -0.2) is 31.4 Å². The lowest BCUT2D eigenvalue weighted by Crippen LogP contribution is -2.15. The van der Waals surface area contributed by atoms with Gasteiger partial charge in [-0.15, -0.1) is 28.1 Å². The van der Waals surface area contributed by atoms with Crippen molar-refractivity contribution in [2.45, 2.75) is 32.2 Å². The third kappa shape index (κ3) is 6.47. The lowest BCUT2D eigenvalue weighted by Gasteiger charge is -2.10. The number of anilines is 1. The second kappa shape index (κ2) is 11.9. The number of benzene rings is 2. The molecule has 11 heteroatoms. The van der Waals surface area contributed by atoms with Crippen LogP contribution in [0.4, 0.5) is 5.13 Å². The number of nitrogens with one attached hydrogen (secondary N) is 1. The van der Waals surface area contributed by atoms with Crippen LogP contribution in [0.3, 0.4) is 0 Å². The Hall–Kier alpha value is -2.85. The third-order valence-electron chi connectivity index (χ3n) is 5.24. The summed E-state index contributed by atoms with van der Waals surface area (Å²) < 4.78 is 7.63. The number of carbonyl (C=O) groups excluding carboxylic acids is 1. The number of thiazole rings is 1. The predicted octanol–water partition coefficient (Wildman–Crippen LogP) is 6.82. The van der Waals surface area contributed by atoms with Gasteiger partial charge in [0.15, 0.2) is 16.1 Å². The van der Waals surface area contributed by atoms with Crippen molar-refractivity contribution in [2.24, 2.45) is 0 Å². The first-order valence-corrected chi connectivity index (χ1v) is 13.5. The zero-order valence-electron chi connectivity index (χ0n) is 19.6. The molecule has 4 aromatic rings. The summed E-state index contributed by atoms with van der Waals surface area (Å²) >= 11 is 14.9. The molecule has 0 fully saturated rings. The first-order chi connectivity index (χ1) is 17.3. The Bertz CT molecular complexity index is 1400. The van der Waals surface area contributed by atoms with E-state index in [2.05, 4.69) is 53.1 Å². The highest BCUT2D eigenvalue weighted by atomic mass is 35.5. The molecule has 0 saturated carbocycles. The number of aromatic nitrogens is 4. The zero-order valence-corrected chi connectivity index (χ0v) is 22.8. The molecule has 0 bridgehead atoms. The molecule has 2 aromatic carbocycles. The number of ether oxygens (including phenoxy) is 1. The Balaban J connectivity index is 1.37. The highest BCUT2D eigenvalue weighted by Crippen LogP contribution is 2.29. The SMILES string of the molecule is C=CCn1c(COc2cc(Cl)ccc2Cl)nnc1SCC(=O)Nc1nc(-c2ccc(C)c(C)c2)cs1. The van der Waals surface area contributed by atoms with E-state index in [4.69, 9.17) is 27.9 Å². The number of hydrogen-bond donors (Lipinski definition) is 1. The minimum Gasteiger partial charge on any atom is -0.484 e. The number of nitrogens with zero attached hydrogens (tertiary/aromatic N) is 4. The van der Waals surface area contributed by atoms with Crippen molar-refractivity contribution in [1.82, 2.24) is 19.7 Å². The van der Waals surface area contributed by atoms with E-state index < -0.39 is 0 Å². The van der Waals surface area contributed by atoms with Crippen LogP contribution in [0.2, 0.25) is 10.0 Å². The molecule has 36 heavy (non-hydrogen) atoms. The summed E-state index contributed by atoms with van der Waals surface area (Å²) in [5.74, 6) is 0.994. The van der Waals surface area contributed by atoms with Crippen molar-refractivity contribution in [2.75, 3.05) is 11.1 Å². The van der Waals surface area contributed by atoms with Crippen molar-refractivity contribution in [3.8, 4) is 17.0 Å². The van der Waals surface area contributed by atoms with Crippen molar-refractivity contribution in [3.63, 3.8) is 0 Å². The fraction of sp³-hybridized carbons (Fsp3) is 0.200. The van der Waals surface area contributed by atoms with E-state index in [0.29, 0.717) is 38.5 Å². The zero-order chi connectivity index (χ0) is 25.7. The molecule has 0 aliphatic rings. The fourth-order valence-corrected chi connectivity index (χ4v) is 5.06. The van der Waals surface area contributed by atoms with E-state index >= 15 is 0 Å². The minimum atomic E-state index is -0.183. The molecule has 0 radical (unpaired) electrons. The molecule has 0 aliphatic carbocycles. The van der Waals surface area contributed by atoms with Gasteiger partial charge in [-0.05, 0) is 43.2 Å². The molecule has 7 nitrogen and oxygen atoms in total. The van der Waals surface area contributed by atoms with Crippen LogP contribution >= 0.6 is 46.3 Å². The first-order valence-electron chi connectivity index (χ1n) is 10.9. The number of allylic oxidation sites excluding steroid dienone is 1. The number of aryl methyl sites for hydroxylation is 2. The van der Waals surface area contributed by atoms with Crippen molar-refractivity contribution < 1.29 is 9.53 Å². The predicted molar refractivity (Wildman–Crippen MR) is 147 cm³/mol. The van der Waals surface area contributed by atoms with Gasteiger partial charge in [-0.1, -0.05) is 53.2 Å². The molecule has 2 aromatic heterocycles. The number of carbonyl (C=O) groups is 1. The van der Waals surface area contributed by atoms with Gasteiger partial charge in [0.2, 0.25) is 5.91 Å². The molecule has 0 spiro atoms. The van der Waals surface area contributed by atoms with Crippen LogP contribution < -0.4 is 10.1 Å². The number of halogens is 2. The minimum absolute atomic E-state index is 0.133. The summed E-state index contributed by atoms with van der Waals surface area (Å²) in [4.78, 5) is 17.1. The number of hydrogen-bond acceptors (Lipinski definition) is 7. The standard InChI is InChI=1S/C25H23Cl2N5O2S2/c1-4-9-32-22(12-34-21-11-18(26)7-8-19(21)27)30-31-25(32)36-14-23(33)29-24-28-20(13-35-24)17-6-5-15(2)16(3)10-17/h4-8,10-11,13H,1,9,12,14H2,2-3H3,(H,28,29,33). The molecule has 0 atom stereocenters. The molecule has 0 saturated heterocycles. The molecule has 186 valence electrons. The molecule has 0 unspecified atom stereocenters. The van der Waals surface area contributed by atoms with Crippen molar-refractivity contribution >= 4 is 57.3 Å². The van der Waals surface area contributed by atoms with Gasteiger partial charge < -0.3 is 10.1 Å². The van der Waals surface area contributed by atoms with Crippen LogP contribution in [-0.2, 0) is 17.9 Å². The van der Waals surface area contributed by atoms with Crippen LogP contribution in [0.5, 0.6) is 5.75 Å². The second-order valence-corrected chi connectivity index (χ2v) is 10.5. The summed E-state index contributed by atoms with van der Waals surface area (Å²) in [5.41, 5.74) is 4.29. The smallest absolute Gasteiger partial charge is 0.236 e. The fourth-order valence-electron chi connectivity index (χ4n) is 3.23. The van der Waals surface area contributed by atoms with E-state index in [9.17, 15) is 4.79 Å². The maximum absolute atomic E-state index is 12.6. The molecular formula is C25H23Cl2N5O2S2. The second-order valence-electron chi connectivity index (χ2n) is 7.84. The average molecular weight is 561 g/mol. The van der Waals surface area contributed by atoms with Crippen LogP contribution in [0.25, 0.3) is 11.3 Å². The maximum atomic E-state index is 12.6. The van der Waals surface area contributed by atoms with Gasteiger partial charge in [-0.3, -0.25) is 9.36 Å². The van der Waals surface area contributed by atoms with Gasteiger partial charge >= 0.3 is 0 Å². The van der Waals surface area contributed by atoms with Gasteiger partial charge in [-0.25, -0.2) is 4.98 Å². The highest BCUT2D eigenvalue weighted by molar-refractivity contribution is 7.99. The Morgan fingerprint density at radius 2 is 2.03 bits per heavy atom. The number of thioether (sulfide) groups is 1. The van der Waals surface area contributed by atoms with Crippen LogP contribution in [0.15, 0.2) is 59.6 Å². The van der Waals surface area contributed by atoms with Gasteiger partial charge in [0.05, 0.1) is 16.5 Å². The summed E-state index contributed by atoms with van der Waals surface area (Å²) in [6, 6.07) is 11.2. The molecule has 1 N–H and O–H groups in total. The van der Waals surface area contributed by atoms with E-state index in [-0.39, 0.29) is 18.3 Å². The average Bonchev–Trinajstić information content (AvgIpc) is 3.47. The molecule has 1 amide bonds. The van der Waals surface area contributed by atoms with Crippen molar-refractivity contribution in [3.05, 3.63) is 81.4 Å². The normalized spacial score (nSPS) is 10.9. The summed E-state index contributed by atoms with van der Waals surface area (Å²) in [6.45, 7) is 8.54. The Kier molecular flexibility index (Phi) is 8.68. The van der Waals surface area contributed by atoms with Crippen LogP contribution in [0, 0.1) is 13.8 Å². The summed E-state index contributed by atoms with van der Waals surface area (Å²) in [7, 11) is 0. The lowest BCUT2D eigenvalue weighted by molar-refractivity contribution is -0.113.